The first kappa shape index (κ1) is 14.1. The number of nitrogens with one attached hydrogen (secondary N) is 2. The minimum absolute atomic E-state index is 0.0172. The molecule has 0 aliphatic rings. The van der Waals surface area contributed by atoms with Crippen LogP contribution < -0.4 is 10.6 Å². The monoisotopic (exact) mass is 297 g/mol. The van der Waals surface area contributed by atoms with Crippen molar-refractivity contribution in [2.75, 3.05) is 18.5 Å². The highest BCUT2D eigenvalue weighted by atomic mass is 35.5. The van der Waals surface area contributed by atoms with Gasteiger partial charge in [0.05, 0.1) is 6.61 Å². The summed E-state index contributed by atoms with van der Waals surface area (Å²) in [6, 6.07) is 4.32. The Morgan fingerprint density at radius 2 is 2.25 bits per heavy atom. The SMILES string of the molecule is CCOC(=O)CNC(=O)Nc1nc2ccc(Cl)cc2o1. The molecule has 0 unspecified atom stereocenters. The number of carbonyl (C=O) groups is 2. The molecule has 1 aromatic heterocycles. The van der Waals surface area contributed by atoms with Crippen molar-refractivity contribution in [1.29, 1.82) is 0 Å². The van der Waals surface area contributed by atoms with Crippen LogP contribution in [0, 0.1) is 0 Å². The number of anilines is 1. The van der Waals surface area contributed by atoms with Crippen LogP contribution >= 0.6 is 11.6 Å². The molecule has 20 heavy (non-hydrogen) atoms. The van der Waals surface area contributed by atoms with Gasteiger partial charge < -0.3 is 14.5 Å². The number of amides is 2. The van der Waals surface area contributed by atoms with Crippen molar-refractivity contribution in [2.45, 2.75) is 6.92 Å². The lowest BCUT2D eigenvalue weighted by Gasteiger charge is -2.04. The molecule has 0 saturated heterocycles. The van der Waals surface area contributed by atoms with Crippen LogP contribution in [-0.4, -0.2) is 30.1 Å². The van der Waals surface area contributed by atoms with Gasteiger partial charge in [0.2, 0.25) is 0 Å². The first-order valence-corrected chi connectivity index (χ1v) is 6.23. The summed E-state index contributed by atoms with van der Waals surface area (Å²) in [5, 5.41) is 5.20. The lowest BCUT2D eigenvalue weighted by molar-refractivity contribution is -0.141. The number of fused-ring (bicyclic) bond motifs is 1. The number of hydrogen-bond acceptors (Lipinski definition) is 5. The molecule has 2 N–H and O–H groups in total. The second-order valence-corrected chi connectivity index (χ2v) is 4.18. The number of hydrogen-bond donors (Lipinski definition) is 2. The van der Waals surface area contributed by atoms with E-state index in [4.69, 9.17) is 16.0 Å². The van der Waals surface area contributed by atoms with E-state index in [-0.39, 0.29) is 19.2 Å². The molecule has 0 spiro atoms. The summed E-state index contributed by atoms with van der Waals surface area (Å²) >= 11 is 5.81. The maximum absolute atomic E-state index is 11.5. The Hall–Kier alpha value is -2.28. The summed E-state index contributed by atoms with van der Waals surface area (Å²) in [6.45, 7) is 1.71. The molecule has 7 nitrogen and oxygen atoms in total. The van der Waals surface area contributed by atoms with Gasteiger partial charge in [-0.25, -0.2) is 4.79 Å². The minimum atomic E-state index is -0.615. The van der Waals surface area contributed by atoms with Gasteiger partial charge in [-0.05, 0) is 19.1 Å². The zero-order valence-corrected chi connectivity index (χ0v) is 11.4. The average molecular weight is 298 g/mol. The van der Waals surface area contributed by atoms with Crippen molar-refractivity contribution in [3.63, 3.8) is 0 Å². The van der Waals surface area contributed by atoms with Crippen LogP contribution in [0.15, 0.2) is 22.6 Å². The van der Waals surface area contributed by atoms with Gasteiger partial charge in [0.1, 0.15) is 12.1 Å². The Morgan fingerprint density at radius 3 is 3.00 bits per heavy atom. The highest BCUT2D eigenvalue weighted by molar-refractivity contribution is 6.31. The molecule has 0 bridgehead atoms. The molecule has 0 aliphatic carbocycles. The number of rotatable bonds is 4. The number of ether oxygens (including phenoxy) is 1. The topological polar surface area (TPSA) is 93.5 Å². The Morgan fingerprint density at radius 1 is 1.45 bits per heavy atom. The van der Waals surface area contributed by atoms with E-state index >= 15 is 0 Å². The predicted molar refractivity (Wildman–Crippen MR) is 72.7 cm³/mol. The number of carbonyl (C=O) groups excluding carboxylic acids is 2. The van der Waals surface area contributed by atoms with Gasteiger partial charge in [0.15, 0.2) is 5.58 Å². The van der Waals surface area contributed by atoms with Gasteiger partial charge in [-0.2, -0.15) is 4.98 Å². The molecule has 8 heteroatoms. The molecule has 0 aliphatic heterocycles. The molecule has 0 fully saturated rings. The predicted octanol–water partition coefficient (Wildman–Crippen LogP) is 2.17. The highest BCUT2D eigenvalue weighted by Gasteiger charge is 2.10. The van der Waals surface area contributed by atoms with Crippen molar-refractivity contribution < 1.29 is 18.7 Å². The van der Waals surface area contributed by atoms with Gasteiger partial charge in [0.25, 0.3) is 0 Å². The summed E-state index contributed by atoms with van der Waals surface area (Å²) < 4.78 is 9.96. The standard InChI is InChI=1S/C12H12ClN3O4/c1-2-19-10(17)6-14-11(18)16-12-15-8-4-3-7(13)5-9(8)20-12/h3-5H,2,6H2,1H3,(H2,14,15,16,18). The summed E-state index contributed by atoms with van der Waals surface area (Å²) in [7, 11) is 0. The van der Waals surface area contributed by atoms with Gasteiger partial charge in [-0.15, -0.1) is 0 Å². The van der Waals surface area contributed by atoms with E-state index in [0.717, 1.165) is 0 Å². The Kier molecular flexibility index (Phi) is 4.41. The fourth-order valence-electron chi connectivity index (χ4n) is 1.46. The Balaban J connectivity index is 1.94. The number of aromatic nitrogens is 1. The van der Waals surface area contributed by atoms with Crippen LogP contribution in [0.5, 0.6) is 0 Å². The van der Waals surface area contributed by atoms with Gasteiger partial charge in [-0.3, -0.25) is 10.1 Å². The average Bonchev–Trinajstić information content (AvgIpc) is 2.78. The van der Waals surface area contributed by atoms with E-state index in [9.17, 15) is 9.59 Å². The number of urea groups is 1. The van der Waals surface area contributed by atoms with Crippen LogP contribution in [0.25, 0.3) is 11.1 Å². The van der Waals surface area contributed by atoms with Crippen LogP contribution in [0.4, 0.5) is 10.8 Å². The molecule has 2 aromatic rings. The molecule has 2 amide bonds. The second kappa shape index (κ2) is 6.25. The smallest absolute Gasteiger partial charge is 0.325 e. The summed E-state index contributed by atoms with van der Waals surface area (Å²) in [5.74, 6) is -0.521. The molecule has 0 radical (unpaired) electrons. The van der Waals surface area contributed by atoms with Gasteiger partial charge >= 0.3 is 18.0 Å². The molecular formula is C12H12ClN3O4. The summed E-state index contributed by atoms with van der Waals surface area (Å²) in [5.41, 5.74) is 1.02. The van der Waals surface area contributed by atoms with Crippen molar-refractivity contribution in [3.8, 4) is 0 Å². The molecule has 0 atom stereocenters. The van der Waals surface area contributed by atoms with E-state index in [1.165, 1.54) is 0 Å². The zero-order chi connectivity index (χ0) is 14.5. The maximum atomic E-state index is 11.5. The molecule has 1 heterocycles. The third-order valence-electron chi connectivity index (χ3n) is 2.27. The number of nitrogens with zero attached hydrogens (tertiary/aromatic N) is 1. The van der Waals surface area contributed by atoms with E-state index in [1.54, 1.807) is 25.1 Å². The van der Waals surface area contributed by atoms with Crippen molar-refractivity contribution >= 4 is 40.7 Å². The largest absolute Gasteiger partial charge is 0.465 e. The number of halogens is 1. The van der Waals surface area contributed by atoms with E-state index in [2.05, 4.69) is 20.4 Å². The third kappa shape index (κ3) is 3.61. The van der Waals surface area contributed by atoms with Crippen molar-refractivity contribution in [1.82, 2.24) is 10.3 Å². The van der Waals surface area contributed by atoms with E-state index in [1.807, 2.05) is 0 Å². The zero-order valence-electron chi connectivity index (χ0n) is 10.6. The Labute approximate surface area is 119 Å². The number of benzene rings is 1. The minimum Gasteiger partial charge on any atom is -0.465 e. The molecule has 106 valence electrons. The van der Waals surface area contributed by atoms with Crippen LogP contribution in [0.3, 0.4) is 0 Å². The van der Waals surface area contributed by atoms with Gasteiger partial charge in [0, 0.05) is 11.1 Å². The quantitative estimate of drug-likeness (QED) is 0.844. The highest BCUT2D eigenvalue weighted by Crippen LogP contribution is 2.22. The van der Waals surface area contributed by atoms with Crippen molar-refractivity contribution in [3.05, 3.63) is 23.2 Å². The number of esters is 1. The molecule has 2 rings (SSSR count). The van der Waals surface area contributed by atoms with Crippen LogP contribution in [0.2, 0.25) is 5.02 Å². The summed E-state index contributed by atoms with van der Waals surface area (Å²) in [4.78, 5) is 26.6. The van der Waals surface area contributed by atoms with Crippen LogP contribution in [-0.2, 0) is 9.53 Å². The third-order valence-corrected chi connectivity index (χ3v) is 2.50. The van der Waals surface area contributed by atoms with E-state index < -0.39 is 12.0 Å². The maximum Gasteiger partial charge on any atom is 0.325 e. The first-order chi connectivity index (χ1) is 9.58. The normalized spacial score (nSPS) is 10.3. The van der Waals surface area contributed by atoms with E-state index in [0.29, 0.717) is 16.1 Å². The van der Waals surface area contributed by atoms with Crippen LogP contribution in [0.1, 0.15) is 6.92 Å². The van der Waals surface area contributed by atoms with Crippen molar-refractivity contribution in [2.24, 2.45) is 0 Å². The number of oxazole rings is 1. The second-order valence-electron chi connectivity index (χ2n) is 3.74. The lowest BCUT2D eigenvalue weighted by atomic mass is 10.3. The summed E-state index contributed by atoms with van der Waals surface area (Å²) in [6.07, 6.45) is 0. The molecule has 0 saturated carbocycles. The fraction of sp³-hybridized carbons (Fsp3) is 0.250. The molecule has 1 aromatic carbocycles. The Bertz CT molecular complexity index is 641. The van der Waals surface area contributed by atoms with Gasteiger partial charge in [-0.1, -0.05) is 11.6 Å². The fourth-order valence-corrected chi connectivity index (χ4v) is 1.62. The first-order valence-electron chi connectivity index (χ1n) is 5.85. The lowest BCUT2D eigenvalue weighted by Crippen LogP contribution is -2.34. The molecular weight excluding hydrogens is 286 g/mol.